The minimum atomic E-state index is -0.892. The molecule has 2 saturated heterocycles. The van der Waals surface area contributed by atoms with E-state index in [4.69, 9.17) is 0 Å². The summed E-state index contributed by atoms with van der Waals surface area (Å²) in [6.07, 6.45) is 11.5. The number of hydrogen-bond acceptors (Lipinski definition) is 9. The van der Waals surface area contributed by atoms with E-state index < -0.39 is 42.2 Å². The standard InChI is InChI=1S/C60H78N8O8/c1-5-35(2)54(70)65-52(41-18-10-19-41)59(75)67-33-37(30-49(67)57(73)63-47-24-12-16-38-14-6-8-22-45(38)47)31-51(69)40-26-28-43(29-27-40)56(72)62-44-32-50(58(74)64-48-25-13-17-39-15-7-9-23-46(39)48)68(34-44)60(76)53(42-20-11-21-42)66-55(71)36(3)61-4/h6-9,14-15,22-23,26-29,35-37,41-42,44,47-50,52-53,61H,5,10-13,16-21,24-25,30-34H2,1-4H3,(H,62,72)(H,63,73)(H,64,74)(H,65,70)(H,66,71)/t35-,36+,37-,44+,47-,48-,49+,50+,52+,53+/m1/s1. The summed E-state index contributed by atoms with van der Waals surface area (Å²) in [5.74, 6) is -2.99. The molecule has 0 aromatic heterocycles. The largest absolute Gasteiger partial charge is 0.347 e. The number of benzene rings is 3. The molecule has 76 heavy (non-hydrogen) atoms. The Morgan fingerprint density at radius 2 is 1.08 bits per heavy atom. The molecule has 2 heterocycles. The number of carbonyl (C=O) groups excluding carboxylic acids is 8. The lowest BCUT2D eigenvalue weighted by Gasteiger charge is -2.37. The molecule has 2 saturated carbocycles. The first-order valence-corrected chi connectivity index (χ1v) is 28.3. The van der Waals surface area contributed by atoms with Crippen molar-refractivity contribution < 1.29 is 38.4 Å². The maximum atomic E-state index is 14.7. The summed E-state index contributed by atoms with van der Waals surface area (Å²) in [4.78, 5) is 116. The lowest BCUT2D eigenvalue weighted by molar-refractivity contribution is -0.144. The zero-order valence-corrected chi connectivity index (χ0v) is 44.7. The van der Waals surface area contributed by atoms with Gasteiger partial charge in [0.05, 0.1) is 18.1 Å². The molecule has 0 spiro atoms. The molecule has 0 unspecified atom stereocenters. The quantitative estimate of drug-likeness (QED) is 0.0801. The molecule has 4 aliphatic carbocycles. The molecule has 16 heteroatoms. The molecule has 6 N–H and O–H groups in total. The molecule has 6 aliphatic rings. The molecule has 7 amide bonds. The first kappa shape index (κ1) is 54.4. The number of rotatable bonds is 19. The van der Waals surface area contributed by atoms with Gasteiger partial charge in [0.15, 0.2) is 5.78 Å². The number of carbonyl (C=O) groups is 8. The summed E-state index contributed by atoms with van der Waals surface area (Å²) in [6, 6.07) is 17.8. The maximum absolute atomic E-state index is 14.7. The van der Waals surface area contributed by atoms with Crippen LogP contribution in [-0.4, -0.2) is 113 Å². The van der Waals surface area contributed by atoms with Gasteiger partial charge < -0.3 is 41.7 Å². The number of Topliss-reactive ketones (excluding diaryl/α,β-unsaturated/α-hetero) is 1. The molecule has 0 bridgehead atoms. The van der Waals surface area contributed by atoms with Crippen LogP contribution in [0.5, 0.6) is 0 Å². The number of likely N-dealkylation sites (N-methyl/N-ethyl adjacent to an activating group) is 1. The molecule has 406 valence electrons. The Kier molecular flexibility index (Phi) is 17.4. The van der Waals surface area contributed by atoms with Gasteiger partial charge in [-0.2, -0.15) is 0 Å². The van der Waals surface area contributed by atoms with E-state index in [0.29, 0.717) is 17.5 Å². The number of amides is 7. The van der Waals surface area contributed by atoms with Crippen LogP contribution < -0.4 is 31.9 Å². The van der Waals surface area contributed by atoms with E-state index >= 15 is 0 Å². The van der Waals surface area contributed by atoms with Crippen LogP contribution >= 0.6 is 0 Å². The molecule has 9 rings (SSSR count). The van der Waals surface area contributed by atoms with Crippen LogP contribution in [0.4, 0.5) is 0 Å². The van der Waals surface area contributed by atoms with Crippen molar-refractivity contribution in [3.8, 4) is 0 Å². The van der Waals surface area contributed by atoms with Crippen molar-refractivity contribution in [3.63, 3.8) is 0 Å². The van der Waals surface area contributed by atoms with Gasteiger partial charge in [-0.1, -0.05) is 87.4 Å². The van der Waals surface area contributed by atoms with Crippen LogP contribution in [0.3, 0.4) is 0 Å². The fourth-order valence-corrected chi connectivity index (χ4v) is 12.4. The average Bonchev–Trinajstić information content (AvgIpc) is 4.03. The third kappa shape index (κ3) is 12.1. The smallest absolute Gasteiger partial charge is 0.251 e. The molecule has 3 aromatic rings. The van der Waals surface area contributed by atoms with Crippen LogP contribution in [0.1, 0.15) is 166 Å². The summed E-state index contributed by atoms with van der Waals surface area (Å²) >= 11 is 0. The van der Waals surface area contributed by atoms with Gasteiger partial charge in [-0.05, 0) is 150 Å². The summed E-state index contributed by atoms with van der Waals surface area (Å²) in [5.41, 5.74) is 5.21. The Balaban J connectivity index is 0.879. The highest BCUT2D eigenvalue weighted by atomic mass is 16.2. The number of likely N-dealkylation sites (tertiary alicyclic amines) is 2. The van der Waals surface area contributed by atoms with Crippen molar-refractivity contribution in [1.29, 1.82) is 0 Å². The van der Waals surface area contributed by atoms with Crippen molar-refractivity contribution >= 4 is 47.1 Å². The highest BCUT2D eigenvalue weighted by Crippen LogP contribution is 2.37. The predicted octanol–water partition coefficient (Wildman–Crippen LogP) is 5.79. The van der Waals surface area contributed by atoms with E-state index in [1.165, 1.54) is 11.1 Å². The molecule has 0 radical (unpaired) electrons. The number of ketones is 1. The van der Waals surface area contributed by atoms with Gasteiger partial charge in [0, 0.05) is 42.6 Å². The van der Waals surface area contributed by atoms with Crippen molar-refractivity contribution in [2.24, 2.45) is 23.7 Å². The predicted molar refractivity (Wildman–Crippen MR) is 287 cm³/mol. The van der Waals surface area contributed by atoms with Crippen LogP contribution in [0.15, 0.2) is 72.8 Å². The Labute approximate surface area is 447 Å². The van der Waals surface area contributed by atoms with Crippen molar-refractivity contribution in [2.75, 3.05) is 20.1 Å². The lowest BCUT2D eigenvalue weighted by atomic mass is 9.79. The summed E-state index contributed by atoms with van der Waals surface area (Å²) in [6.45, 7) is 5.76. The van der Waals surface area contributed by atoms with Gasteiger partial charge in [-0.15, -0.1) is 0 Å². The first-order valence-electron chi connectivity index (χ1n) is 28.3. The van der Waals surface area contributed by atoms with Crippen molar-refractivity contribution in [3.05, 3.63) is 106 Å². The van der Waals surface area contributed by atoms with Gasteiger partial charge >= 0.3 is 0 Å². The van der Waals surface area contributed by atoms with E-state index in [0.717, 1.165) is 88.2 Å². The van der Waals surface area contributed by atoms with E-state index in [-0.39, 0.29) is 109 Å². The highest BCUT2D eigenvalue weighted by molar-refractivity contribution is 6.00. The van der Waals surface area contributed by atoms with E-state index in [1.54, 1.807) is 48.0 Å². The summed E-state index contributed by atoms with van der Waals surface area (Å²) in [5, 5.41) is 18.6. The molecule has 4 fully saturated rings. The normalized spacial score (nSPS) is 24.7. The third-order valence-electron chi connectivity index (χ3n) is 17.8. The van der Waals surface area contributed by atoms with Crippen LogP contribution in [0.25, 0.3) is 0 Å². The number of fused-ring (bicyclic) bond motifs is 2. The minimum absolute atomic E-state index is 0.0253. The molecular formula is C60H78N8O8. The van der Waals surface area contributed by atoms with E-state index in [9.17, 15) is 38.4 Å². The van der Waals surface area contributed by atoms with E-state index in [1.807, 2.05) is 50.2 Å². The van der Waals surface area contributed by atoms with E-state index in [2.05, 4.69) is 44.0 Å². The maximum Gasteiger partial charge on any atom is 0.251 e. The van der Waals surface area contributed by atoms with Gasteiger partial charge in [-0.3, -0.25) is 38.4 Å². The highest BCUT2D eigenvalue weighted by Gasteiger charge is 2.48. The topological polar surface area (TPSA) is 215 Å². The average molecular weight is 1040 g/mol. The van der Waals surface area contributed by atoms with Gasteiger partial charge in [0.2, 0.25) is 35.4 Å². The molecule has 16 nitrogen and oxygen atoms in total. The monoisotopic (exact) mass is 1040 g/mol. The molecule has 3 aromatic carbocycles. The number of aryl methyl sites for hydroxylation is 2. The second kappa shape index (κ2) is 24.3. The summed E-state index contributed by atoms with van der Waals surface area (Å²) < 4.78 is 0. The number of nitrogens with one attached hydrogen (secondary N) is 6. The zero-order chi connectivity index (χ0) is 53.6. The van der Waals surface area contributed by atoms with Crippen LogP contribution in [-0.2, 0) is 41.6 Å². The Bertz CT molecular complexity index is 2470. The Hall–Kier alpha value is -6.42. The Morgan fingerprint density at radius 1 is 0.579 bits per heavy atom. The van der Waals surface area contributed by atoms with Crippen molar-refractivity contribution in [1.82, 2.24) is 41.7 Å². The fourth-order valence-electron chi connectivity index (χ4n) is 12.4. The SMILES string of the molecule is CC[C@@H](C)C(=O)N[C@H](C(=O)N1C[C@@H](CC(=O)c2ccc(C(=O)N[C@H]3C[C@@H](C(=O)N[C@@H]4CCCc5ccccc54)N(C(=O)[C@@H](NC(=O)[C@H](C)NC)C4CCC4)C3)cc2)C[C@H]1C(=O)N[C@@H]1CCCc2ccccc21)C1CCC1. The third-order valence-corrected chi connectivity index (χ3v) is 17.8. The second-order valence-electron chi connectivity index (χ2n) is 22.7. The number of nitrogens with zero attached hydrogens (tertiary/aromatic N) is 2. The molecular weight excluding hydrogens is 961 g/mol. The lowest BCUT2D eigenvalue weighted by Crippen LogP contribution is -2.59. The van der Waals surface area contributed by atoms with Gasteiger partial charge in [0.25, 0.3) is 5.91 Å². The Morgan fingerprint density at radius 3 is 1.59 bits per heavy atom. The fraction of sp³-hybridized carbons (Fsp3) is 0.567. The van der Waals surface area contributed by atoms with Crippen LogP contribution in [0, 0.1) is 23.7 Å². The van der Waals surface area contributed by atoms with Gasteiger partial charge in [0.1, 0.15) is 24.2 Å². The first-order chi connectivity index (χ1) is 36.7. The molecule has 10 atom stereocenters. The summed E-state index contributed by atoms with van der Waals surface area (Å²) in [7, 11) is 1.68. The number of hydrogen-bond donors (Lipinski definition) is 6. The second-order valence-corrected chi connectivity index (χ2v) is 22.7. The van der Waals surface area contributed by atoms with Crippen LogP contribution in [0.2, 0.25) is 0 Å². The molecule has 2 aliphatic heterocycles. The van der Waals surface area contributed by atoms with Gasteiger partial charge in [-0.25, -0.2) is 0 Å². The minimum Gasteiger partial charge on any atom is -0.347 e. The van der Waals surface area contributed by atoms with Crippen molar-refractivity contribution in [2.45, 2.75) is 172 Å². The zero-order valence-electron chi connectivity index (χ0n) is 44.7.